The molecule has 0 aliphatic carbocycles. The topological polar surface area (TPSA) is 103 Å². The number of amides is 2. The van der Waals surface area contributed by atoms with E-state index in [0.29, 0.717) is 34.9 Å². The fourth-order valence-corrected chi connectivity index (χ4v) is 4.58. The van der Waals surface area contributed by atoms with E-state index >= 15 is 0 Å². The molecule has 0 aliphatic rings. The lowest BCUT2D eigenvalue weighted by Crippen LogP contribution is -2.23. The third-order valence-corrected chi connectivity index (χ3v) is 7.09. The summed E-state index contributed by atoms with van der Waals surface area (Å²) in [4.78, 5) is 27.4. The molecule has 0 fully saturated rings. The zero-order valence-corrected chi connectivity index (χ0v) is 22.9. The van der Waals surface area contributed by atoms with E-state index in [0.717, 1.165) is 21.7 Å². The minimum Gasteiger partial charge on any atom is -0.493 e. The Morgan fingerprint density at radius 3 is 2.18 bits per heavy atom. The van der Waals surface area contributed by atoms with Gasteiger partial charge in [0, 0.05) is 16.1 Å². The Kier molecular flexibility index (Phi) is 9.12. The lowest BCUT2D eigenvalue weighted by Gasteiger charge is -2.19. The molecule has 0 spiro atoms. The SMILES string of the molecule is COc1ccc(C(Cc2ccc(C(=O)Nc3ccccc3N)cc2)C(=O)Nc2ccc(SC)cc2)cc1OC. The van der Waals surface area contributed by atoms with Crippen molar-refractivity contribution in [3.8, 4) is 11.5 Å². The van der Waals surface area contributed by atoms with Crippen molar-refractivity contribution in [1.29, 1.82) is 0 Å². The number of carbonyl (C=O) groups is 2. The standard InChI is InChI=1S/C31H31N3O4S/c1-37-28-17-12-22(19-29(28)38-2)25(31(36)33-23-13-15-24(39-3)16-14-23)18-20-8-10-21(11-9-20)30(35)34-27-7-5-4-6-26(27)32/h4-17,19,25H,18,32H2,1-3H3,(H,33,36)(H,34,35). The molecule has 4 rings (SSSR count). The molecule has 7 nitrogen and oxygen atoms in total. The van der Waals surface area contributed by atoms with Crippen molar-refractivity contribution in [3.63, 3.8) is 0 Å². The molecule has 0 saturated carbocycles. The van der Waals surface area contributed by atoms with Crippen molar-refractivity contribution in [2.45, 2.75) is 17.2 Å². The average molecular weight is 542 g/mol. The van der Waals surface area contributed by atoms with E-state index in [2.05, 4.69) is 10.6 Å². The third kappa shape index (κ3) is 6.91. The summed E-state index contributed by atoms with van der Waals surface area (Å²) < 4.78 is 10.9. The summed E-state index contributed by atoms with van der Waals surface area (Å²) in [6.45, 7) is 0. The second-order valence-corrected chi connectivity index (χ2v) is 9.71. The Hall–Kier alpha value is -4.43. The number of thioether (sulfide) groups is 1. The van der Waals surface area contributed by atoms with Gasteiger partial charge in [-0.1, -0.05) is 30.3 Å². The first-order chi connectivity index (χ1) is 18.9. The number of carbonyl (C=O) groups excluding carboxylic acids is 2. The summed E-state index contributed by atoms with van der Waals surface area (Å²) in [5.41, 5.74) is 9.89. The molecule has 0 bridgehead atoms. The molecule has 4 aromatic carbocycles. The molecule has 4 aromatic rings. The number of ether oxygens (including phenoxy) is 2. The number of anilines is 3. The van der Waals surface area contributed by atoms with E-state index in [4.69, 9.17) is 15.2 Å². The highest BCUT2D eigenvalue weighted by Crippen LogP contribution is 2.33. The van der Waals surface area contributed by atoms with Crippen LogP contribution in [0.4, 0.5) is 17.1 Å². The fraction of sp³-hybridized carbons (Fsp3) is 0.161. The van der Waals surface area contributed by atoms with E-state index in [1.807, 2.05) is 66.9 Å². The van der Waals surface area contributed by atoms with E-state index in [1.165, 1.54) is 0 Å². The Balaban J connectivity index is 1.57. The maximum Gasteiger partial charge on any atom is 0.255 e. The molecule has 1 atom stereocenters. The number of hydrogen-bond donors (Lipinski definition) is 3. The highest BCUT2D eigenvalue weighted by atomic mass is 32.2. The molecule has 200 valence electrons. The molecule has 0 heterocycles. The van der Waals surface area contributed by atoms with E-state index < -0.39 is 5.92 Å². The minimum atomic E-state index is -0.520. The van der Waals surface area contributed by atoms with Gasteiger partial charge in [0.25, 0.3) is 5.91 Å². The molecule has 8 heteroatoms. The summed E-state index contributed by atoms with van der Waals surface area (Å²) in [5, 5.41) is 5.88. The summed E-state index contributed by atoms with van der Waals surface area (Å²) in [7, 11) is 3.14. The average Bonchev–Trinajstić information content (AvgIpc) is 2.97. The molecule has 0 radical (unpaired) electrons. The highest BCUT2D eigenvalue weighted by molar-refractivity contribution is 7.98. The molecule has 0 aromatic heterocycles. The van der Waals surface area contributed by atoms with Gasteiger partial charge in [-0.05, 0) is 84.5 Å². The van der Waals surface area contributed by atoms with Gasteiger partial charge in [0.1, 0.15) is 0 Å². The van der Waals surface area contributed by atoms with Crippen LogP contribution < -0.4 is 25.8 Å². The summed E-state index contributed by atoms with van der Waals surface area (Å²) >= 11 is 1.64. The van der Waals surface area contributed by atoms with Crippen LogP contribution in [0.15, 0.2) is 95.9 Å². The second-order valence-electron chi connectivity index (χ2n) is 8.83. The third-order valence-electron chi connectivity index (χ3n) is 6.35. The number of hydrogen-bond acceptors (Lipinski definition) is 6. The van der Waals surface area contributed by atoms with E-state index in [9.17, 15) is 9.59 Å². The van der Waals surface area contributed by atoms with Crippen LogP contribution >= 0.6 is 11.8 Å². The van der Waals surface area contributed by atoms with Crippen LogP contribution in [-0.2, 0) is 11.2 Å². The molecule has 0 aliphatic heterocycles. The Bertz CT molecular complexity index is 1440. The molecule has 39 heavy (non-hydrogen) atoms. The Morgan fingerprint density at radius 2 is 1.54 bits per heavy atom. The molecule has 2 amide bonds. The smallest absolute Gasteiger partial charge is 0.255 e. The number of benzene rings is 4. The number of para-hydroxylation sites is 2. The van der Waals surface area contributed by atoms with Gasteiger partial charge < -0.3 is 25.8 Å². The van der Waals surface area contributed by atoms with E-state index in [1.54, 1.807) is 56.3 Å². The summed E-state index contributed by atoms with van der Waals surface area (Å²) in [6, 6.07) is 27.5. The largest absolute Gasteiger partial charge is 0.493 e. The van der Waals surface area contributed by atoms with Gasteiger partial charge in [-0.3, -0.25) is 9.59 Å². The first-order valence-corrected chi connectivity index (χ1v) is 13.6. The van der Waals surface area contributed by atoms with Gasteiger partial charge in [0.15, 0.2) is 11.5 Å². The number of rotatable bonds is 10. The normalized spacial score (nSPS) is 11.4. The molecule has 0 saturated heterocycles. The van der Waals surface area contributed by atoms with Crippen LogP contribution in [-0.4, -0.2) is 32.3 Å². The van der Waals surface area contributed by atoms with Crippen molar-refractivity contribution < 1.29 is 19.1 Å². The van der Waals surface area contributed by atoms with Gasteiger partial charge in [-0.15, -0.1) is 11.8 Å². The van der Waals surface area contributed by atoms with Crippen LogP contribution in [0.25, 0.3) is 0 Å². The number of nitrogen functional groups attached to an aromatic ring is 1. The molecular weight excluding hydrogens is 510 g/mol. The van der Waals surface area contributed by atoms with Crippen LogP contribution in [0.5, 0.6) is 11.5 Å². The van der Waals surface area contributed by atoms with Crippen molar-refractivity contribution in [1.82, 2.24) is 0 Å². The predicted octanol–water partition coefficient (Wildman–Crippen LogP) is 6.23. The number of methoxy groups -OCH3 is 2. The van der Waals surface area contributed by atoms with Crippen molar-refractivity contribution in [2.24, 2.45) is 0 Å². The van der Waals surface area contributed by atoms with Gasteiger partial charge in [0.05, 0.1) is 31.5 Å². The zero-order valence-electron chi connectivity index (χ0n) is 22.1. The lowest BCUT2D eigenvalue weighted by atomic mass is 9.90. The van der Waals surface area contributed by atoms with Crippen LogP contribution in [0.2, 0.25) is 0 Å². The number of nitrogens with two attached hydrogens (primary N) is 1. The van der Waals surface area contributed by atoms with Gasteiger partial charge in [-0.25, -0.2) is 0 Å². The number of nitrogens with one attached hydrogen (secondary N) is 2. The lowest BCUT2D eigenvalue weighted by molar-refractivity contribution is -0.117. The van der Waals surface area contributed by atoms with Gasteiger partial charge in [-0.2, -0.15) is 0 Å². The van der Waals surface area contributed by atoms with E-state index in [-0.39, 0.29) is 11.8 Å². The van der Waals surface area contributed by atoms with Crippen LogP contribution in [0.3, 0.4) is 0 Å². The van der Waals surface area contributed by atoms with Crippen molar-refractivity contribution >= 4 is 40.6 Å². The van der Waals surface area contributed by atoms with Crippen molar-refractivity contribution in [2.75, 3.05) is 36.8 Å². The first kappa shape index (κ1) is 27.6. The molecular formula is C31H31N3O4S. The van der Waals surface area contributed by atoms with Gasteiger partial charge in [0.2, 0.25) is 5.91 Å². The summed E-state index contributed by atoms with van der Waals surface area (Å²) in [6.07, 6.45) is 2.42. The fourth-order valence-electron chi connectivity index (χ4n) is 4.17. The first-order valence-electron chi connectivity index (χ1n) is 12.3. The maximum atomic E-state index is 13.6. The van der Waals surface area contributed by atoms with Gasteiger partial charge >= 0.3 is 0 Å². The van der Waals surface area contributed by atoms with Crippen LogP contribution in [0, 0.1) is 0 Å². The molecule has 1 unspecified atom stereocenters. The zero-order chi connectivity index (χ0) is 27.8. The minimum absolute atomic E-state index is 0.152. The second kappa shape index (κ2) is 12.9. The highest BCUT2D eigenvalue weighted by Gasteiger charge is 2.23. The Labute approximate surface area is 232 Å². The molecule has 4 N–H and O–H groups in total. The quantitative estimate of drug-likeness (QED) is 0.163. The van der Waals surface area contributed by atoms with Crippen LogP contribution in [0.1, 0.15) is 27.4 Å². The Morgan fingerprint density at radius 1 is 0.846 bits per heavy atom. The summed E-state index contributed by atoms with van der Waals surface area (Å²) in [5.74, 6) is 0.198. The maximum absolute atomic E-state index is 13.6. The monoisotopic (exact) mass is 541 g/mol. The van der Waals surface area contributed by atoms with Crippen molar-refractivity contribution in [3.05, 3.63) is 108 Å². The predicted molar refractivity (Wildman–Crippen MR) is 158 cm³/mol.